The number of nitrogen functional groups attached to an aromatic ring is 2. The molecule has 1 heterocycles. The van der Waals surface area contributed by atoms with E-state index in [0.717, 1.165) is 30.4 Å². The van der Waals surface area contributed by atoms with Crippen LogP contribution >= 0.6 is 0 Å². The number of rotatable bonds is 2. The average molecular weight is 235 g/mol. The van der Waals surface area contributed by atoms with Gasteiger partial charge in [-0.2, -0.15) is 0 Å². The van der Waals surface area contributed by atoms with E-state index in [1.54, 1.807) is 13.2 Å². The Morgan fingerprint density at radius 2 is 1.82 bits per heavy atom. The topological polar surface area (TPSA) is 64.5 Å². The van der Waals surface area contributed by atoms with Crippen molar-refractivity contribution < 1.29 is 4.74 Å². The first-order chi connectivity index (χ1) is 8.11. The summed E-state index contributed by atoms with van der Waals surface area (Å²) in [6.45, 7) is 4.40. The standard InChI is InChI=1S/C13H21N3O/c1-9-3-5-16(6-4-9)12-8-13(17-2)11(15)7-10(12)14/h7-9H,3-6,14-15H2,1-2H3. The molecule has 0 amide bonds. The molecule has 0 spiro atoms. The Hall–Kier alpha value is -1.58. The van der Waals surface area contributed by atoms with Crippen LogP contribution < -0.4 is 21.1 Å². The molecular weight excluding hydrogens is 214 g/mol. The van der Waals surface area contributed by atoms with Gasteiger partial charge >= 0.3 is 0 Å². The van der Waals surface area contributed by atoms with E-state index in [-0.39, 0.29) is 0 Å². The van der Waals surface area contributed by atoms with Crippen molar-refractivity contribution in [2.75, 3.05) is 36.6 Å². The summed E-state index contributed by atoms with van der Waals surface area (Å²) >= 11 is 0. The molecule has 0 radical (unpaired) electrons. The van der Waals surface area contributed by atoms with Crippen LogP contribution in [0.4, 0.5) is 17.1 Å². The highest BCUT2D eigenvalue weighted by atomic mass is 16.5. The van der Waals surface area contributed by atoms with Crippen molar-refractivity contribution in [3.05, 3.63) is 12.1 Å². The van der Waals surface area contributed by atoms with Gasteiger partial charge in [0.05, 0.1) is 24.2 Å². The maximum atomic E-state index is 6.03. The summed E-state index contributed by atoms with van der Waals surface area (Å²) < 4.78 is 5.25. The third-order valence-corrected chi connectivity index (χ3v) is 3.50. The second-order valence-electron chi connectivity index (χ2n) is 4.82. The van der Waals surface area contributed by atoms with Crippen molar-refractivity contribution in [2.45, 2.75) is 19.8 Å². The fraction of sp³-hybridized carbons (Fsp3) is 0.538. The van der Waals surface area contributed by atoms with Crippen LogP contribution in [0.1, 0.15) is 19.8 Å². The molecule has 1 fully saturated rings. The molecule has 0 unspecified atom stereocenters. The molecule has 2 rings (SSSR count). The number of benzene rings is 1. The van der Waals surface area contributed by atoms with Crippen LogP contribution in [0.15, 0.2) is 12.1 Å². The monoisotopic (exact) mass is 235 g/mol. The van der Waals surface area contributed by atoms with Gasteiger partial charge in [0.1, 0.15) is 5.75 Å². The van der Waals surface area contributed by atoms with Gasteiger partial charge in [0.2, 0.25) is 0 Å². The fourth-order valence-corrected chi connectivity index (χ4v) is 2.30. The van der Waals surface area contributed by atoms with E-state index in [0.29, 0.717) is 11.4 Å². The Morgan fingerprint density at radius 3 is 2.41 bits per heavy atom. The molecule has 17 heavy (non-hydrogen) atoms. The van der Waals surface area contributed by atoms with Gasteiger partial charge in [-0.1, -0.05) is 6.92 Å². The zero-order chi connectivity index (χ0) is 12.4. The summed E-state index contributed by atoms with van der Waals surface area (Å²) in [5.74, 6) is 1.51. The first-order valence-corrected chi connectivity index (χ1v) is 6.09. The van der Waals surface area contributed by atoms with Gasteiger partial charge in [-0.15, -0.1) is 0 Å². The highest BCUT2D eigenvalue weighted by molar-refractivity contribution is 5.76. The zero-order valence-electron chi connectivity index (χ0n) is 10.6. The Balaban J connectivity index is 2.25. The number of nitrogens with two attached hydrogens (primary N) is 2. The van der Waals surface area contributed by atoms with Crippen LogP contribution in [-0.2, 0) is 0 Å². The van der Waals surface area contributed by atoms with E-state index < -0.39 is 0 Å². The highest BCUT2D eigenvalue weighted by Gasteiger charge is 2.19. The summed E-state index contributed by atoms with van der Waals surface area (Å²) in [4.78, 5) is 2.32. The van der Waals surface area contributed by atoms with Crippen LogP contribution in [0.3, 0.4) is 0 Å². The molecule has 1 aromatic rings. The SMILES string of the molecule is COc1cc(N2CCC(C)CC2)c(N)cc1N. The Kier molecular flexibility index (Phi) is 3.31. The summed E-state index contributed by atoms with van der Waals surface area (Å²) in [7, 11) is 1.63. The van der Waals surface area contributed by atoms with Crippen LogP contribution in [0, 0.1) is 5.92 Å². The first-order valence-electron chi connectivity index (χ1n) is 6.09. The van der Waals surface area contributed by atoms with E-state index in [9.17, 15) is 0 Å². The lowest BCUT2D eigenvalue weighted by atomic mass is 9.98. The molecule has 0 atom stereocenters. The lowest BCUT2D eigenvalue weighted by Gasteiger charge is -2.33. The lowest BCUT2D eigenvalue weighted by Crippen LogP contribution is -2.33. The predicted octanol–water partition coefficient (Wildman–Crippen LogP) is 2.10. The zero-order valence-corrected chi connectivity index (χ0v) is 10.6. The van der Waals surface area contributed by atoms with Gasteiger partial charge in [-0.25, -0.2) is 0 Å². The van der Waals surface area contributed by atoms with Crippen molar-refractivity contribution >= 4 is 17.1 Å². The molecule has 0 bridgehead atoms. The Labute approximate surface area is 103 Å². The maximum absolute atomic E-state index is 6.03. The normalized spacial score (nSPS) is 17.2. The average Bonchev–Trinajstić information content (AvgIpc) is 2.31. The van der Waals surface area contributed by atoms with Crippen molar-refractivity contribution in [1.82, 2.24) is 0 Å². The minimum absolute atomic E-state index is 0.596. The fourth-order valence-electron chi connectivity index (χ4n) is 2.30. The van der Waals surface area contributed by atoms with Crippen molar-refractivity contribution in [3.8, 4) is 5.75 Å². The molecular formula is C13H21N3O. The number of hydrogen-bond acceptors (Lipinski definition) is 4. The van der Waals surface area contributed by atoms with E-state index in [4.69, 9.17) is 16.2 Å². The van der Waals surface area contributed by atoms with Crippen molar-refractivity contribution in [1.29, 1.82) is 0 Å². The number of ether oxygens (including phenoxy) is 1. The van der Waals surface area contributed by atoms with Gasteiger partial charge in [-0.05, 0) is 24.8 Å². The van der Waals surface area contributed by atoms with E-state index in [1.807, 2.05) is 6.07 Å². The molecule has 94 valence electrons. The summed E-state index contributed by atoms with van der Waals surface area (Å²) in [5.41, 5.74) is 14.2. The van der Waals surface area contributed by atoms with Gasteiger partial charge in [-0.3, -0.25) is 0 Å². The van der Waals surface area contributed by atoms with Crippen LogP contribution in [0.2, 0.25) is 0 Å². The van der Waals surface area contributed by atoms with Gasteiger partial charge in [0.25, 0.3) is 0 Å². The summed E-state index contributed by atoms with van der Waals surface area (Å²) in [6.07, 6.45) is 2.43. The van der Waals surface area contributed by atoms with Gasteiger partial charge < -0.3 is 21.1 Å². The molecule has 1 aliphatic heterocycles. The molecule has 0 saturated carbocycles. The number of nitrogens with zero attached hydrogens (tertiary/aromatic N) is 1. The number of anilines is 3. The molecule has 0 aliphatic carbocycles. The molecule has 1 saturated heterocycles. The van der Waals surface area contributed by atoms with Gasteiger partial charge in [0, 0.05) is 19.2 Å². The number of hydrogen-bond donors (Lipinski definition) is 2. The third-order valence-electron chi connectivity index (χ3n) is 3.50. The second kappa shape index (κ2) is 4.73. The smallest absolute Gasteiger partial charge is 0.143 e. The number of piperidine rings is 1. The van der Waals surface area contributed by atoms with E-state index >= 15 is 0 Å². The van der Waals surface area contributed by atoms with E-state index in [1.165, 1.54) is 12.8 Å². The minimum atomic E-state index is 0.596. The predicted molar refractivity (Wildman–Crippen MR) is 72.4 cm³/mol. The summed E-state index contributed by atoms with van der Waals surface area (Å²) in [6, 6.07) is 3.73. The number of methoxy groups -OCH3 is 1. The molecule has 4 N–H and O–H groups in total. The van der Waals surface area contributed by atoms with Gasteiger partial charge in [0.15, 0.2) is 0 Å². The Morgan fingerprint density at radius 1 is 1.18 bits per heavy atom. The van der Waals surface area contributed by atoms with Crippen LogP contribution in [-0.4, -0.2) is 20.2 Å². The first kappa shape index (κ1) is 11.9. The lowest BCUT2D eigenvalue weighted by molar-refractivity contribution is 0.415. The largest absolute Gasteiger partial charge is 0.495 e. The highest BCUT2D eigenvalue weighted by Crippen LogP contribution is 2.35. The van der Waals surface area contributed by atoms with Crippen molar-refractivity contribution in [3.63, 3.8) is 0 Å². The van der Waals surface area contributed by atoms with Crippen molar-refractivity contribution in [2.24, 2.45) is 5.92 Å². The van der Waals surface area contributed by atoms with E-state index in [2.05, 4.69) is 11.8 Å². The molecule has 4 heteroatoms. The summed E-state index contributed by atoms with van der Waals surface area (Å²) in [5, 5.41) is 0. The molecule has 1 aliphatic rings. The maximum Gasteiger partial charge on any atom is 0.143 e. The van der Waals surface area contributed by atoms with Crippen LogP contribution in [0.5, 0.6) is 5.75 Å². The van der Waals surface area contributed by atoms with Crippen LogP contribution in [0.25, 0.3) is 0 Å². The molecule has 4 nitrogen and oxygen atoms in total. The third kappa shape index (κ3) is 2.40. The second-order valence-corrected chi connectivity index (χ2v) is 4.82. The Bertz CT molecular complexity index is 398. The molecule has 1 aromatic carbocycles. The minimum Gasteiger partial charge on any atom is -0.495 e. The molecule has 0 aromatic heterocycles. The quantitative estimate of drug-likeness (QED) is 0.770.